The van der Waals surface area contributed by atoms with Gasteiger partial charge in [0.2, 0.25) is 0 Å². The second-order valence-corrected chi connectivity index (χ2v) is 6.41. The Morgan fingerprint density at radius 1 is 1.08 bits per heavy atom. The normalized spacial score (nSPS) is 20.0. The summed E-state index contributed by atoms with van der Waals surface area (Å²) in [6.45, 7) is 2.99. The van der Waals surface area contributed by atoms with Gasteiger partial charge in [0.05, 0.1) is 6.61 Å². The highest BCUT2D eigenvalue weighted by molar-refractivity contribution is 5.73. The Morgan fingerprint density at radius 3 is 2.56 bits per heavy atom. The number of allylic oxidation sites excluding steroid dienone is 1. The molecule has 1 fully saturated rings. The number of hydrogen-bond donors (Lipinski definition) is 0. The molecule has 1 aliphatic rings. The summed E-state index contributed by atoms with van der Waals surface area (Å²) in [5.41, 5.74) is 2.06. The van der Waals surface area contributed by atoms with E-state index >= 15 is 0 Å². The fourth-order valence-electron chi connectivity index (χ4n) is 3.17. The van der Waals surface area contributed by atoms with Gasteiger partial charge >= 0.3 is 0 Å². The van der Waals surface area contributed by atoms with E-state index < -0.39 is 0 Å². The average molecular weight is 336 g/mol. The smallest absolute Gasteiger partial charge is 0.148 e. The third-order valence-electron chi connectivity index (χ3n) is 4.56. The summed E-state index contributed by atoms with van der Waals surface area (Å²) in [7, 11) is 0. The van der Waals surface area contributed by atoms with Gasteiger partial charge in [-0.05, 0) is 61.4 Å². The maximum absolute atomic E-state index is 11.1. The summed E-state index contributed by atoms with van der Waals surface area (Å²) in [6.07, 6.45) is 5.12. The van der Waals surface area contributed by atoms with Crippen LogP contribution in [0.4, 0.5) is 0 Å². The molecule has 3 rings (SSSR count). The van der Waals surface area contributed by atoms with Gasteiger partial charge in [0, 0.05) is 12.2 Å². The summed E-state index contributed by atoms with van der Waals surface area (Å²) < 4.78 is 11.2. The molecule has 0 unspecified atom stereocenters. The average Bonchev–Trinajstić information content (AvgIpc) is 2.61. The Labute approximate surface area is 149 Å². The van der Waals surface area contributed by atoms with E-state index in [1.807, 2.05) is 49.4 Å². The Hall–Kier alpha value is -2.39. The van der Waals surface area contributed by atoms with Crippen molar-refractivity contribution < 1.29 is 14.3 Å². The first-order valence-corrected chi connectivity index (χ1v) is 8.85. The van der Waals surface area contributed by atoms with Crippen molar-refractivity contribution in [2.45, 2.75) is 25.7 Å². The number of hydrogen-bond acceptors (Lipinski definition) is 3. The van der Waals surface area contributed by atoms with E-state index in [2.05, 4.69) is 18.2 Å². The van der Waals surface area contributed by atoms with Crippen molar-refractivity contribution in [3.63, 3.8) is 0 Å². The Bertz CT molecular complexity index is 715. The Balaban J connectivity index is 1.58. The van der Waals surface area contributed by atoms with Crippen LogP contribution in [-0.2, 0) is 9.53 Å². The Kier molecular flexibility index (Phi) is 6.02. The van der Waals surface area contributed by atoms with Gasteiger partial charge in [-0.1, -0.05) is 36.4 Å². The van der Waals surface area contributed by atoms with Crippen LogP contribution in [0, 0.1) is 5.92 Å². The highest BCUT2D eigenvalue weighted by Crippen LogP contribution is 2.43. The summed E-state index contributed by atoms with van der Waals surface area (Å²) in [5, 5.41) is 0. The lowest BCUT2D eigenvalue weighted by Crippen LogP contribution is -2.21. The molecule has 3 nitrogen and oxygen atoms in total. The van der Waals surface area contributed by atoms with Crippen molar-refractivity contribution in [1.29, 1.82) is 0 Å². The lowest BCUT2D eigenvalue weighted by molar-refractivity contribution is -0.105. The zero-order chi connectivity index (χ0) is 17.5. The van der Waals surface area contributed by atoms with Gasteiger partial charge in [0.15, 0.2) is 0 Å². The topological polar surface area (TPSA) is 35.5 Å². The van der Waals surface area contributed by atoms with Crippen LogP contribution < -0.4 is 4.74 Å². The Morgan fingerprint density at radius 2 is 1.84 bits per heavy atom. The molecule has 0 bridgehead atoms. The number of carbonyl (C=O) groups excluding carboxylic acids is 1. The molecular weight excluding hydrogens is 312 g/mol. The van der Waals surface area contributed by atoms with Gasteiger partial charge < -0.3 is 9.47 Å². The van der Waals surface area contributed by atoms with Gasteiger partial charge in [-0.25, -0.2) is 0 Å². The molecule has 130 valence electrons. The number of benzene rings is 2. The van der Waals surface area contributed by atoms with Crippen LogP contribution in [0.1, 0.15) is 31.2 Å². The monoisotopic (exact) mass is 336 g/mol. The van der Waals surface area contributed by atoms with Crippen LogP contribution in [0.2, 0.25) is 0 Å². The van der Waals surface area contributed by atoms with E-state index in [4.69, 9.17) is 9.47 Å². The van der Waals surface area contributed by atoms with E-state index in [1.165, 1.54) is 5.56 Å². The predicted octanol–water partition coefficient (Wildman–Crippen LogP) is 5.13. The van der Waals surface area contributed by atoms with Crippen LogP contribution in [0.15, 0.2) is 66.2 Å². The molecule has 0 atom stereocenters. The maximum Gasteiger partial charge on any atom is 0.148 e. The molecule has 0 heterocycles. The molecule has 2 aromatic carbocycles. The lowest BCUT2D eigenvalue weighted by atomic mass is 9.71. The molecule has 25 heavy (non-hydrogen) atoms. The second kappa shape index (κ2) is 8.63. The molecule has 0 radical (unpaired) electrons. The first kappa shape index (κ1) is 17.4. The van der Waals surface area contributed by atoms with Crippen molar-refractivity contribution in [1.82, 2.24) is 0 Å². The fourth-order valence-corrected chi connectivity index (χ4v) is 3.17. The van der Waals surface area contributed by atoms with Crippen LogP contribution in [0.5, 0.6) is 11.5 Å². The standard InChI is InChI=1S/C22H24O3/c1-2-24-16-18(15-23)11-17-12-20(13-17)19-7-6-10-22(14-19)25-21-8-4-3-5-9-21/h3-11,14-15,17,20H,2,12-13,16H2,1H3/b18-11+/t17-,20-. The molecule has 1 aliphatic carbocycles. The predicted molar refractivity (Wildman–Crippen MR) is 99.1 cm³/mol. The van der Waals surface area contributed by atoms with E-state index in [0.29, 0.717) is 25.0 Å². The van der Waals surface area contributed by atoms with Gasteiger partial charge in [-0.2, -0.15) is 0 Å². The largest absolute Gasteiger partial charge is 0.457 e. The maximum atomic E-state index is 11.1. The lowest BCUT2D eigenvalue weighted by Gasteiger charge is -2.34. The highest BCUT2D eigenvalue weighted by Gasteiger charge is 2.29. The van der Waals surface area contributed by atoms with Gasteiger partial charge in [-0.15, -0.1) is 0 Å². The third-order valence-corrected chi connectivity index (χ3v) is 4.56. The number of para-hydroxylation sites is 1. The molecule has 0 N–H and O–H groups in total. The third kappa shape index (κ3) is 4.80. The molecule has 0 aromatic heterocycles. The molecule has 0 spiro atoms. The fraction of sp³-hybridized carbons (Fsp3) is 0.318. The van der Waals surface area contributed by atoms with Crippen molar-refractivity contribution in [3.05, 3.63) is 71.8 Å². The van der Waals surface area contributed by atoms with Crippen LogP contribution >= 0.6 is 0 Å². The van der Waals surface area contributed by atoms with Crippen LogP contribution in [0.3, 0.4) is 0 Å². The van der Waals surface area contributed by atoms with Crippen molar-refractivity contribution >= 4 is 6.29 Å². The van der Waals surface area contributed by atoms with Crippen molar-refractivity contribution in [2.75, 3.05) is 13.2 Å². The van der Waals surface area contributed by atoms with E-state index in [0.717, 1.165) is 36.2 Å². The molecular formula is C22H24O3. The minimum Gasteiger partial charge on any atom is -0.457 e. The highest BCUT2D eigenvalue weighted by atomic mass is 16.5. The van der Waals surface area contributed by atoms with E-state index in [-0.39, 0.29) is 0 Å². The summed E-state index contributed by atoms with van der Waals surface area (Å²) in [6, 6.07) is 18.1. The molecule has 0 aliphatic heterocycles. The quantitative estimate of drug-likeness (QED) is 0.495. The molecule has 1 saturated carbocycles. The number of rotatable bonds is 8. The van der Waals surface area contributed by atoms with Gasteiger partial charge in [0.1, 0.15) is 17.8 Å². The van der Waals surface area contributed by atoms with Crippen LogP contribution in [-0.4, -0.2) is 19.5 Å². The number of carbonyl (C=O) groups is 1. The number of aldehydes is 1. The zero-order valence-corrected chi connectivity index (χ0v) is 14.6. The summed E-state index contributed by atoms with van der Waals surface area (Å²) in [4.78, 5) is 11.1. The van der Waals surface area contributed by atoms with E-state index in [1.54, 1.807) is 0 Å². The van der Waals surface area contributed by atoms with Crippen LogP contribution in [0.25, 0.3) is 0 Å². The molecule has 0 amide bonds. The SMILES string of the molecule is CCOC/C(C=O)=C/[C@H]1C[C@H](c2cccc(Oc3ccccc3)c2)C1. The van der Waals surface area contributed by atoms with Crippen molar-refractivity contribution in [3.8, 4) is 11.5 Å². The second-order valence-electron chi connectivity index (χ2n) is 6.41. The zero-order valence-electron chi connectivity index (χ0n) is 14.6. The minimum absolute atomic E-state index is 0.418. The minimum atomic E-state index is 0.418. The molecule has 0 saturated heterocycles. The molecule has 3 heteroatoms. The van der Waals surface area contributed by atoms with Gasteiger partial charge in [-0.3, -0.25) is 4.79 Å². The van der Waals surface area contributed by atoms with E-state index in [9.17, 15) is 4.79 Å². The van der Waals surface area contributed by atoms with Crippen molar-refractivity contribution in [2.24, 2.45) is 5.92 Å². The first-order valence-electron chi connectivity index (χ1n) is 8.85. The first-order chi connectivity index (χ1) is 12.3. The number of ether oxygens (including phenoxy) is 2. The van der Waals surface area contributed by atoms with Gasteiger partial charge in [0.25, 0.3) is 0 Å². The summed E-state index contributed by atoms with van der Waals surface area (Å²) in [5.74, 6) is 2.71. The molecule has 2 aromatic rings. The summed E-state index contributed by atoms with van der Waals surface area (Å²) >= 11 is 0.